The molecule has 3 rings (SSSR count). The molecule has 0 fully saturated rings. The van der Waals surface area contributed by atoms with Crippen molar-refractivity contribution in [3.05, 3.63) is 101 Å². The van der Waals surface area contributed by atoms with E-state index in [2.05, 4.69) is 0 Å². The Balaban J connectivity index is 1.68. The summed E-state index contributed by atoms with van der Waals surface area (Å²) >= 11 is 0. The molecule has 0 atom stereocenters. The lowest BCUT2D eigenvalue weighted by atomic mass is 9.93. The highest BCUT2D eigenvalue weighted by molar-refractivity contribution is 6.22. The Morgan fingerprint density at radius 1 is 0.889 bits per heavy atom. The van der Waals surface area contributed by atoms with E-state index in [-0.39, 0.29) is 6.61 Å². The number of benzene rings is 3. The molecule has 6 heteroatoms. The molecular formula is C30H32N2O4. The van der Waals surface area contributed by atoms with E-state index in [1.807, 2.05) is 79.7 Å². The van der Waals surface area contributed by atoms with Crippen molar-refractivity contribution < 1.29 is 19.0 Å². The number of hydrogen-bond donors (Lipinski definition) is 2. The van der Waals surface area contributed by atoms with Gasteiger partial charge in [-0.2, -0.15) is 0 Å². The third kappa shape index (κ3) is 7.15. The lowest BCUT2D eigenvalue weighted by molar-refractivity contribution is -0.107. The first-order chi connectivity index (χ1) is 17.4. The summed E-state index contributed by atoms with van der Waals surface area (Å²) < 4.78 is 17.2. The highest BCUT2D eigenvalue weighted by atomic mass is 16.5. The molecule has 0 spiro atoms. The number of carbonyl (C=O) groups is 1. The minimum atomic E-state index is 0.197. The van der Waals surface area contributed by atoms with E-state index in [4.69, 9.17) is 25.0 Å². The summed E-state index contributed by atoms with van der Waals surface area (Å²) in [6.45, 7) is 4.11. The quantitative estimate of drug-likeness (QED) is 0.170. The zero-order valence-corrected chi connectivity index (χ0v) is 21.0. The summed E-state index contributed by atoms with van der Waals surface area (Å²) in [6, 6.07) is 22.9. The molecule has 0 aromatic heterocycles. The monoisotopic (exact) mass is 484 g/mol. The molecule has 3 aromatic carbocycles. The molecule has 36 heavy (non-hydrogen) atoms. The van der Waals surface area contributed by atoms with Gasteiger partial charge >= 0.3 is 0 Å². The van der Waals surface area contributed by atoms with Crippen LogP contribution in [0.2, 0.25) is 0 Å². The topological polar surface area (TPSA) is 92.5 Å². The molecule has 0 saturated carbocycles. The van der Waals surface area contributed by atoms with Gasteiger partial charge in [0, 0.05) is 17.7 Å². The molecule has 0 amide bonds. The summed E-state index contributed by atoms with van der Waals surface area (Å²) in [5.41, 5.74) is 5.13. The zero-order valence-electron chi connectivity index (χ0n) is 21.0. The number of carbonyl (C=O) groups excluding carboxylic acids is 1. The van der Waals surface area contributed by atoms with Crippen molar-refractivity contribution in [1.29, 1.82) is 10.8 Å². The van der Waals surface area contributed by atoms with E-state index in [1.165, 1.54) is 0 Å². The molecule has 0 aliphatic rings. The highest BCUT2D eigenvalue weighted by Gasteiger charge is 2.15. The van der Waals surface area contributed by atoms with Crippen molar-refractivity contribution >= 4 is 23.3 Å². The van der Waals surface area contributed by atoms with Gasteiger partial charge in [-0.05, 0) is 66.8 Å². The van der Waals surface area contributed by atoms with E-state index in [1.54, 1.807) is 14.0 Å². The third-order valence-corrected chi connectivity index (χ3v) is 5.75. The van der Waals surface area contributed by atoms with Crippen LogP contribution in [0.4, 0.5) is 0 Å². The van der Waals surface area contributed by atoms with E-state index in [0.29, 0.717) is 53.7 Å². The summed E-state index contributed by atoms with van der Waals surface area (Å²) in [5.74, 6) is 2.00. The van der Waals surface area contributed by atoms with Gasteiger partial charge in [0.2, 0.25) is 0 Å². The average molecular weight is 485 g/mol. The number of rotatable bonds is 13. The van der Waals surface area contributed by atoms with Crippen LogP contribution in [0.5, 0.6) is 11.5 Å². The molecule has 0 saturated heterocycles. The first kappa shape index (κ1) is 26.4. The van der Waals surface area contributed by atoms with Crippen molar-refractivity contribution in [2.45, 2.75) is 33.3 Å². The molecule has 186 valence electrons. The molecule has 0 radical (unpaired) electrons. The number of hydrogen-bond acceptors (Lipinski definition) is 6. The van der Waals surface area contributed by atoms with Crippen LogP contribution in [0.15, 0.2) is 78.6 Å². The first-order valence-electron chi connectivity index (χ1n) is 11.8. The van der Waals surface area contributed by atoms with Gasteiger partial charge in [-0.25, -0.2) is 0 Å². The van der Waals surface area contributed by atoms with Crippen LogP contribution in [0.1, 0.15) is 42.5 Å². The smallest absolute Gasteiger partial charge is 0.130 e. The molecule has 0 aliphatic heterocycles. The second-order valence-corrected chi connectivity index (χ2v) is 8.35. The van der Waals surface area contributed by atoms with E-state index >= 15 is 0 Å². The maximum atomic E-state index is 10.9. The Morgan fingerprint density at radius 3 is 2.22 bits per heavy atom. The molecule has 2 N–H and O–H groups in total. The summed E-state index contributed by atoms with van der Waals surface area (Å²) in [4.78, 5) is 10.9. The second-order valence-electron chi connectivity index (χ2n) is 8.35. The molecular weight excluding hydrogens is 452 g/mol. The van der Waals surface area contributed by atoms with Crippen LogP contribution in [0.25, 0.3) is 5.57 Å². The standard InChI is InChI=1S/C30H32N2O4/c1-21(31)30(22(2)34-3)28-18-27(16-13-24(28)10-7-17-33)35-19-23-11-14-26(15-12-23)36-20-29(32)25-8-5-4-6-9-25/h4-6,8-9,11-18,31-32H,7,10,19-20H2,1-3H3/b30-22+,31-21?,32-29?. The fourth-order valence-corrected chi connectivity index (χ4v) is 3.80. The number of aldehydes is 1. The Kier molecular flexibility index (Phi) is 9.57. The third-order valence-electron chi connectivity index (χ3n) is 5.75. The highest BCUT2D eigenvalue weighted by Crippen LogP contribution is 2.29. The minimum Gasteiger partial charge on any atom is -0.501 e. The van der Waals surface area contributed by atoms with Crippen LogP contribution in [0.3, 0.4) is 0 Å². The summed E-state index contributed by atoms with van der Waals surface area (Å²) in [6.07, 6.45) is 1.88. The van der Waals surface area contributed by atoms with Gasteiger partial charge in [-0.15, -0.1) is 0 Å². The van der Waals surface area contributed by atoms with Crippen molar-refractivity contribution in [1.82, 2.24) is 0 Å². The predicted octanol–water partition coefficient (Wildman–Crippen LogP) is 6.26. The van der Waals surface area contributed by atoms with Crippen molar-refractivity contribution in [2.24, 2.45) is 0 Å². The van der Waals surface area contributed by atoms with Gasteiger partial charge in [0.05, 0.1) is 12.8 Å². The number of allylic oxidation sites excluding steroid dienone is 2. The summed E-state index contributed by atoms with van der Waals surface area (Å²) in [5, 5.41) is 16.4. The van der Waals surface area contributed by atoms with Crippen LogP contribution < -0.4 is 9.47 Å². The van der Waals surface area contributed by atoms with Crippen LogP contribution in [-0.2, 0) is 22.6 Å². The summed E-state index contributed by atoms with van der Waals surface area (Å²) in [7, 11) is 1.58. The number of nitrogens with one attached hydrogen (secondary N) is 2. The largest absolute Gasteiger partial charge is 0.501 e. The Bertz CT molecular complexity index is 1230. The van der Waals surface area contributed by atoms with Crippen molar-refractivity contribution in [2.75, 3.05) is 13.7 Å². The fraction of sp³-hybridized carbons (Fsp3) is 0.233. The Hall–Kier alpha value is -4.19. The molecule has 0 aliphatic carbocycles. The van der Waals surface area contributed by atoms with Gasteiger partial charge in [-0.1, -0.05) is 48.5 Å². The molecule has 0 unspecified atom stereocenters. The first-order valence-corrected chi connectivity index (χ1v) is 11.8. The lowest BCUT2D eigenvalue weighted by Gasteiger charge is -2.17. The second kappa shape index (κ2) is 13.0. The lowest BCUT2D eigenvalue weighted by Crippen LogP contribution is -2.11. The molecule has 6 nitrogen and oxygen atoms in total. The number of aryl methyl sites for hydroxylation is 1. The maximum absolute atomic E-state index is 10.9. The molecule has 0 heterocycles. The minimum absolute atomic E-state index is 0.197. The Morgan fingerprint density at radius 2 is 1.58 bits per heavy atom. The van der Waals surface area contributed by atoms with Crippen molar-refractivity contribution in [3.8, 4) is 11.5 Å². The van der Waals surface area contributed by atoms with E-state index in [0.717, 1.165) is 28.5 Å². The van der Waals surface area contributed by atoms with Gasteiger partial charge < -0.3 is 29.8 Å². The maximum Gasteiger partial charge on any atom is 0.130 e. The number of ether oxygens (including phenoxy) is 3. The average Bonchev–Trinajstić information content (AvgIpc) is 2.90. The normalized spacial score (nSPS) is 11.3. The van der Waals surface area contributed by atoms with E-state index in [9.17, 15) is 4.79 Å². The molecule has 0 bridgehead atoms. The van der Waals surface area contributed by atoms with Gasteiger partial charge in [0.15, 0.2) is 0 Å². The van der Waals surface area contributed by atoms with Gasteiger partial charge in [-0.3, -0.25) is 0 Å². The zero-order chi connectivity index (χ0) is 25.9. The fourth-order valence-electron chi connectivity index (χ4n) is 3.80. The van der Waals surface area contributed by atoms with Crippen LogP contribution in [0, 0.1) is 10.8 Å². The SMILES string of the molecule is CO/C(C)=C(\C(C)=N)c1cc(OCc2ccc(OCC(=N)c3ccccc3)cc2)ccc1CCC=O. The van der Waals surface area contributed by atoms with Gasteiger partial charge in [0.1, 0.15) is 36.8 Å². The molecule has 3 aromatic rings. The Labute approximate surface area is 212 Å². The predicted molar refractivity (Wildman–Crippen MR) is 143 cm³/mol. The van der Waals surface area contributed by atoms with Crippen molar-refractivity contribution in [3.63, 3.8) is 0 Å². The van der Waals surface area contributed by atoms with Gasteiger partial charge in [0.25, 0.3) is 0 Å². The van der Waals surface area contributed by atoms with Crippen LogP contribution >= 0.6 is 0 Å². The number of methoxy groups -OCH3 is 1. The van der Waals surface area contributed by atoms with Crippen LogP contribution in [-0.4, -0.2) is 31.4 Å². The van der Waals surface area contributed by atoms with E-state index < -0.39 is 0 Å².